The number of hydrogen-bond donors (Lipinski definition) is 0. The summed E-state index contributed by atoms with van der Waals surface area (Å²) in [5.74, 6) is 0.0800. The molecule has 38 heavy (non-hydrogen) atoms. The fourth-order valence-electron chi connectivity index (χ4n) is 4.97. The molecular formula is C28H36N2O7S. The molecule has 0 unspecified atom stereocenters. The van der Waals surface area contributed by atoms with Gasteiger partial charge in [-0.3, -0.25) is 9.08 Å². The van der Waals surface area contributed by atoms with E-state index in [1.807, 2.05) is 37.3 Å². The first kappa shape index (κ1) is 27.9. The lowest BCUT2D eigenvalue weighted by atomic mass is 9.91. The van der Waals surface area contributed by atoms with Crippen LogP contribution < -0.4 is 0 Å². The van der Waals surface area contributed by atoms with E-state index in [4.69, 9.17) is 13.7 Å². The summed E-state index contributed by atoms with van der Waals surface area (Å²) in [6.07, 6.45) is 0.218. The van der Waals surface area contributed by atoms with Crippen LogP contribution in [0.25, 0.3) is 0 Å². The number of rotatable bonds is 6. The third-order valence-electron chi connectivity index (χ3n) is 6.84. The number of fused-ring (bicyclic) bond motifs is 1. The van der Waals surface area contributed by atoms with Crippen molar-refractivity contribution in [3.8, 4) is 0 Å². The quantitative estimate of drug-likeness (QED) is 0.484. The lowest BCUT2D eigenvalue weighted by molar-refractivity contribution is -0.000130. The summed E-state index contributed by atoms with van der Waals surface area (Å²) >= 11 is 0. The summed E-state index contributed by atoms with van der Waals surface area (Å²) in [6.45, 7) is 7.94. The van der Waals surface area contributed by atoms with Crippen molar-refractivity contribution in [2.75, 3.05) is 19.7 Å². The van der Waals surface area contributed by atoms with Gasteiger partial charge in [0.25, 0.3) is 10.1 Å². The SMILES string of the molecule is Cc1ccc(S(=O)(=O)OC[C@H]2C[C@H]3CCN(C(=O)OCc4ccccc4)C[C@H]3N2C(=O)OC(C)(C)C)cc1. The van der Waals surface area contributed by atoms with Gasteiger partial charge in [-0.15, -0.1) is 0 Å². The summed E-state index contributed by atoms with van der Waals surface area (Å²) in [5.41, 5.74) is 1.09. The highest BCUT2D eigenvalue weighted by atomic mass is 32.2. The highest BCUT2D eigenvalue weighted by molar-refractivity contribution is 7.86. The number of likely N-dealkylation sites (tertiary alicyclic amines) is 2. The summed E-state index contributed by atoms with van der Waals surface area (Å²) < 4.78 is 42.3. The largest absolute Gasteiger partial charge is 0.445 e. The zero-order chi connectivity index (χ0) is 27.5. The molecule has 10 heteroatoms. The molecule has 3 atom stereocenters. The molecule has 0 N–H and O–H groups in total. The number of amides is 2. The maximum absolute atomic E-state index is 13.3. The molecule has 2 aromatic rings. The van der Waals surface area contributed by atoms with E-state index in [-0.39, 0.29) is 36.6 Å². The van der Waals surface area contributed by atoms with Gasteiger partial charge < -0.3 is 14.4 Å². The summed E-state index contributed by atoms with van der Waals surface area (Å²) in [5, 5.41) is 0. The van der Waals surface area contributed by atoms with Crippen molar-refractivity contribution >= 4 is 22.3 Å². The van der Waals surface area contributed by atoms with E-state index in [1.165, 1.54) is 12.1 Å². The minimum absolute atomic E-state index is 0.0645. The number of hydrogen-bond acceptors (Lipinski definition) is 7. The van der Waals surface area contributed by atoms with Crippen molar-refractivity contribution < 1.29 is 31.7 Å². The van der Waals surface area contributed by atoms with Gasteiger partial charge in [-0.2, -0.15) is 8.42 Å². The Labute approximate surface area is 224 Å². The standard InChI is InChI=1S/C28H36N2O7S/c1-20-10-12-24(13-11-20)38(33,34)36-19-23-16-22-14-15-29(26(31)35-18-21-8-6-5-7-9-21)17-25(22)30(23)27(32)37-28(2,3)4/h5-13,22-23,25H,14-19H2,1-4H3/t22-,23-,25-/m1/s1. The van der Waals surface area contributed by atoms with Gasteiger partial charge in [0, 0.05) is 13.1 Å². The van der Waals surface area contributed by atoms with E-state index in [0.29, 0.717) is 19.4 Å². The van der Waals surface area contributed by atoms with Crippen LogP contribution in [0.3, 0.4) is 0 Å². The molecule has 2 fully saturated rings. The molecule has 4 rings (SSSR count). The van der Waals surface area contributed by atoms with Gasteiger partial charge in [-0.25, -0.2) is 9.59 Å². The smallest absolute Gasteiger partial charge is 0.410 e. The van der Waals surface area contributed by atoms with E-state index in [2.05, 4.69) is 0 Å². The molecule has 2 aromatic carbocycles. The van der Waals surface area contributed by atoms with Crippen LogP contribution in [0.2, 0.25) is 0 Å². The van der Waals surface area contributed by atoms with Gasteiger partial charge in [-0.1, -0.05) is 48.0 Å². The summed E-state index contributed by atoms with van der Waals surface area (Å²) in [7, 11) is -4.00. The summed E-state index contributed by atoms with van der Waals surface area (Å²) in [4.78, 5) is 29.4. The van der Waals surface area contributed by atoms with Crippen LogP contribution in [0.4, 0.5) is 9.59 Å². The second kappa shape index (κ2) is 11.3. The van der Waals surface area contributed by atoms with E-state index >= 15 is 0 Å². The average molecular weight is 545 g/mol. The molecule has 0 aromatic heterocycles. The molecule has 206 valence electrons. The molecule has 9 nitrogen and oxygen atoms in total. The Morgan fingerprint density at radius 3 is 2.34 bits per heavy atom. The van der Waals surface area contributed by atoms with E-state index < -0.39 is 33.9 Å². The Morgan fingerprint density at radius 1 is 1.00 bits per heavy atom. The molecule has 0 spiro atoms. The molecule has 2 aliphatic rings. The van der Waals surface area contributed by atoms with Gasteiger partial charge in [0.05, 0.1) is 23.6 Å². The van der Waals surface area contributed by atoms with Crippen LogP contribution >= 0.6 is 0 Å². The average Bonchev–Trinajstić information content (AvgIpc) is 3.24. The second-order valence-corrected chi connectivity index (χ2v) is 12.5. The Bertz CT molecular complexity index is 1230. The maximum Gasteiger partial charge on any atom is 0.410 e. The highest BCUT2D eigenvalue weighted by Crippen LogP contribution is 2.37. The van der Waals surface area contributed by atoms with Crippen LogP contribution in [0.5, 0.6) is 0 Å². The number of carbonyl (C=O) groups is 2. The first-order chi connectivity index (χ1) is 17.9. The first-order valence-electron chi connectivity index (χ1n) is 12.9. The van der Waals surface area contributed by atoms with Crippen LogP contribution in [-0.2, 0) is 30.4 Å². The predicted molar refractivity (Wildman–Crippen MR) is 141 cm³/mol. The van der Waals surface area contributed by atoms with Crippen molar-refractivity contribution in [2.45, 2.75) is 69.7 Å². The number of benzene rings is 2. The third-order valence-corrected chi connectivity index (χ3v) is 8.14. The van der Waals surface area contributed by atoms with Crippen LogP contribution in [0.15, 0.2) is 59.5 Å². The van der Waals surface area contributed by atoms with Gasteiger partial charge in [0.15, 0.2) is 0 Å². The van der Waals surface area contributed by atoms with Crippen LogP contribution in [0, 0.1) is 12.8 Å². The molecule has 0 aliphatic carbocycles. The number of nitrogens with zero attached hydrogens (tertiary/aromatic N) is 2. The Kier molecular flexibility index (Phi) is 8.32. The minimum Gasteiger partial charge on any atom is -0.445 e. The third kappa shape index (κ3) is 6.85. The molecule has 0 radical (unpaired) electrons. The lowest BCUT2D eigenvalue weighted by Crippen LogP contribution is -2.54. The molecule has 0 saturated carbocycles. The van der Waals surface area contributed by atoms with E-state index in [9.17, 15) is 18.0 Å². The van der Waals surface area contributed by atoms with E-state index in [0.717, 1.165) is 11.1 Å². The van der Waals surface area contributed by atoms with Crippen molar-refractivity contribution in [3.05, 3.63) is 65.7 Å². The summed E-state index contributed by atoms with van der Waals surface area (Å²) in [6, 6.07) is 15.0. The Balaban J connectivity index is 1.46. The number of carbonyl (C=O) groups excluding carboxylic acids is 2. The Hall–Kier alpha value is -3.11. The number of aryl methyl sites for hydroxylation is 1. The first-order valence-corrected chi connectivity index (χ1v) is 14.3. The lowest BCUT2D eigenvalue weighted by Gasteiger charge is -2.39. The molecule has 0 bridgehead atoms. The van der Waals surface area contributed by atoms with Gasteiger partial charge in [0.2, 0.25) is 0 Å². The molecule has 2 saturated heterocycles. The number of piperidine rings is 1. The zero-order valence-electron chi connectivity index (χ0n) is 22.3. The minimum atomic E-state index is -4.00. The number of ether oxygens (including phenoxy) is 2. The molecule has 2 heterocycles. The van der Waals surface area contributed by atoms with Crippen molar-refractivity contribution in [1.82, 2.24) is 9.80 Å². The Morgan fingerprint density at radius 2 is 1.68 bits per heavy atom. The molecular weight excluding hydrogens is 508 g/mol. The van der Waals surface area contributed by atoms with Gasteiger partial charge >= 0.3 is 12.2 Å². The van der Waals surface area contributed by atoms with Crippen LogP contribution in [0.1, 0.15) is 44.7 Å². The fourth-order valence-corrected chi connectivity index (χ4v) is 5.91. The second-order valence-electron chi connectivity index (χ2n) is 10.9. The zero-order valence-corrected chi connectivity index (χ0v) is 23.1. The van der Waals surface area contributed by atoms with Gasteiger partial charge in [0.1, 0.15) is 12.2 Å². The van der Waals surface area contributed by atoms with E-state index in [1.54, 1.807) is 42.7 Å². The predicted octanol–water partition coefficient (Wildman–Crippen LogP) is 4.74. The maximum atomic E-state index is 13.3. The molecule has 2 amide bonds. The van der Waals surface area contributed by atoms with Crippen molar-refractivity contribution in [2.24, 2.45) is 5.92 Å². The monoisotopic (exact) mass is 544 g/mol. The van der Waals surface area contributed by atoms with Crippen molar-refractivity contribution in [1.29, 1.82) is 0 Å². The van der Waals surface area contributed by atoms with Crippen molar-refractivity contribution in [3.63, 3.8) is 0 Å². The van der Waals surface area contributed by atoms with Crippen LogP contribution in [-0.4, -0.2) is 67.8 Å². The highest BCUT2D eigenvalue weighted by Gasteiger charge is 2.49. The van der Waals surface area contributed by atoms with Gasteiger partial charge in [-0.05, 0) is 64.2 Å². The normalized spacial score (nSPS) is 21.6. The topological polar surface area (TPSA) is 102 Å². The fraction of sp³-hybridized carbons (Fsp3) is 0.500. The molecule has 2 aliphatic heterocycles.